The molecule has 1 heterocycles. The van der Waals surface area contributed by atoms with Crippen LogP contribution in [0.1, 0.15) is 27.0 Å². The molecule has 1 amide bonds. The first-order valence-electron chi connectivity index (χ1n) is 11.0. The smallest absolute Gasteiger partial charge is 0.337 e. The van der Waals surface area contributed by atoms with E-state index in [9.17, 15) is 14.7 Å². The number of hydrogen-bond acceptors (Lipinski definition) is 6. The van der Waals surface area contributed by atoms with Gasteiger partial charge in [-0.15, -0.1) is 0 Å². The number of anilines is 1. The van der Waals surface area contributed by atoms with Gasteiger partial charge in [-0.05, 0) is 59.7 Å². The number of hydrogen-bond donors (Lipinski definition) is 2. The first-order valence-corrected chi connectivity index (χ1v) is 11.0. The zero-order chi connectivity index (χ0) is 25.3. The maximum absolute atomic E-state index is 12.3. The molecule has 0 fully saturated rings. The number of carbonyl (C=O) groups is 2. The van der Waals surface area contributed by atoms with Crippen LogP contribution in [0.4, 0.5) is 5.69 Å². The Bertz CT molecular complexity index is 1390. The molecule has 8 nitrogen and oxygen atoms in total. The van der Waals surface area contributed by atoms with Crippen LogP contribution in [0.5, 0.6) is 17.4 Å². The van der Waals surface area contributed by atoms with Gasteiger partial charge in [-0.3, -0.25) is 4.79 Å². The lowest BCUT2D eigenvalue weighted by atomic mass is 10.1. The lowest BCUT2D eigenvalue weighted by Crippen LogP contribution is -2.16. The summed E-state index contributed by atoms with van der Waals surface area (Å²) in [6, 6.07) is 26.0. The van der Waals surface area contributed by atoms with E-state index in [4.69, 9.17) is 14.7 Å². The number of aromatic nitrogens is 1. The molecule has 0 bridgehead atoms. The molecule has 0 unspecified atom stereocenters. The van der Waals surface area contributed by atoms with Crippen LogP contribution < -0.4 is 14.8 Å². The number of carboxylic acid groups (broad SMARTS) is 1. The molecule has 36 heavy (non-hydrogen) atoms. The van der Waals surface area contributed by atoms with Gasteiger partial charge in [0.05, 0.1) is 29.3 Å². The van der Waals surface area contributed by atoms with Crippen LogP contribution in [0.2, 0.25) is 0 Å². The fourth-order valence-electron chi connectivity index (χ4n) is 3.30. The van der Waals surface area contributed by atoms with E-state index in [-0.39, 0.29) is 23.6 Å². The lowest BCUT2D eigenvalue weighted by molar-refractivity contribution is -0.115. The molecule has 2 N–H and O–H groups in total. The second-order valence-corrected chi connectivity index (χ2v) is 7.75. The third-order valence-corrected chi connectivity index (χ3v) is 5.13. The van der Waals surface area contributed by atoms with Crippen LogP contribution in [0.25, 0.3) is 0 Å². The molecule has 4 rings (SSSR count). The zero-order valence-electron chi connectivity index (χ0n) is 19.0. The average Bonchev–Trinajstić information content (AvgIpc) is 2.90. The molecule has 0 saturated carbocycles. The van der Waals surface area contributed by atoms with Gasteiger partial charge >= 0.3 is 5.97 Å². The molecule has 8 heteroatoms. The quantitative estimate of drug-likeness (QED) is 0.338. The standard InChI is InChI=1S/C28H21N3O5/c29-16-19-5-7-20(8-6-19)18-35-22-10-12-23(13-11-22)36-27-14-9-21(17-30-27)15-26(32)31-25-4-2-1-3-24(25)28(33)34/h1-14,17H,15,18H2,(H,31,32)(H,33,34). The number of amides is 1. The maximum Gasteiger partial charge on any atom is 0.337 e. The average molecular weight is 479 g/mol. The number of carboxylic acids is 1. The minimum absolute atomic E-state index is 0.0263. The van der Waals surface area contributed by atoms with Gasteiger partial charge < -0.3 is 19.9 Å². The summed E-state index contributed by atoms with van der Waals surface area (Å²) < 4.78 is 11.5. The normalized spacial score (nSPS) is 10.2. The topological polar surface area (TPSA) is 122 Å². The van der Waals surface area contributed by atoms with Crippen molar-refractivity contribution in [3.05, 3.63) is 113 Å². The number of nitrogens with zero attached hydrogens (tertiary/aromatic N) is 2. The molecule has 0 aliphatic rings. The van der Waals surface area contributed by atoms with E-state index in [2.05, 4.69) is 16.4 Å². The summed E-state index contributed by atoms with van der Waals surface area (Å²) in [5.74, 6) is 0.145. The third kappa shape index (κ3) is 6.46. The number of pyridine rings is 1. The first-order chi connectivity index (χ1) is 17.5. The van der Waals surface area contributed by atoms with Gasteiger partial charge in [0.25, 0.3) is 0 Å². The molecule has 4 aromatic rings. The highest BCUT2D eigenvalue weighted by atomic mass is 16.5. The summed E-state index contributed by atoms with van der Waals surface area (Å²) >= 11 is 0. The Balaban J connectivity index is 1.28. The number of nitriles is 1. The summed E-state index contributed by atoms with van der Waals surface area (Å²) in [7, 11) is 0. The van der Waals surface area contributed by atoms with E-state index < -0.39 is 5.97 Å². The SMILES string of the molecule is N#Cc1ccc(COc2ccc(Oc3ccc(CC(=O)Nc4ccccc4C(=O)O)cn3)cc2)cc1. The van der Waals surface area contributed by atoms with E-state index in [0.29, 0.717) is 35.1 Å². The van der Waals surface area contributed by atoms with E-state index >= 15 is 0 Å². The highest BCUT2D eigenvalue weighted by Crippen LogP contribution is 2.23. The Morgan fingerprint density at radius 3 is 2.25 bits per heavy atom. The van der Waals surface area contributed by atoms with Gasteiger partial charge in [0, 0.05) is 12.3 Å². The number of nitrogens with one attached hydrogen (secondary N) is 1. The van der Waals surface area contributed by atoms with Crippen LogP contribution >= 0.6 is 0 Å². The van der Waals surface area contributed by atoms with Gasteiger partial charge in [0.15, 0.2) is 0 Å². The van der Waals surface area contributed by atoms with E-state index in [1.165, 1.54) is 12.3 Å². The van der Waals surface area contributed by atoms with Gasteiger partial charge in [0.2, 0.25) is 11.8 Å². The van der Waals surface area contributed by atoms with Crippen LogP contribution in [-0.2, 0) is 17.8 Å². The summed E-state index contributed by atoms with van der Waals surface area (Å²) in [4.78, 5) is 27.9. The van der Waals surface area contributed by atoms with Crippen molar-refractivity contribution < 1.29 is 24.2 Å². The Labute approximate surface area is 207 Å². The number of carbonyl (C=O) groups excluding carboxylic acids is 1. The second-order valence-electron chi connectivity index (χ2n) is 7.75. The van der Waals surface area contributed by atoms with Crippen LogP contribution in [0.3, 0.4) is 0 Å². The predicted octanol–water partition coefficient (Wildman–Crippen LogP) is 5.20. The Kier molecular flexibility index (Phi) is 7.54. The summed E-state index contributed by atoms with van der Waals surface area (Å²) in [5.41, 5.74) is 2.48. The summed E-state index contributed by atoms with van der Waals surface area (Å²) in [5, 5.41) is 20.7. The van der Waals surface area contributed by atoms with Gasteiger partial charge in [-0.2, -0.15) is 5.26 Å². The fraction of sp³-hybridized carbons (Fsp3) is 0.0714. The fourth-order valence-corrected chi connectivity index (χ4v) is 3.30. The second kappa shape index (κ2) is 11.3. The van der Waals surface area contributed by atoms with Crippen molar-refractivity contribution in [2.45, 2.75) is 13.0 Å². The maximum atomic E-state index is 12.3. The lowest BCUT2D eigenvalue weighted by Gasteiger charge is -2.09. The predicted molar refractivity (Wildman–Crippen MR) is 132 cm³/mol. The number of rotatable bonds is 9. The van der Waals surface area contributed by atoms with Crippen molar-refractivity contribution >= 4 is 17.6 Å². The molecular weight excluding hydrogens is 458 g/mol. The largest absolute Gasteiger partial charge is 0.489 e. The molecule has 0 radical (unpaired) electrons. The Hall–Kier alpha value is -5.16. The highest BCUT2D eigenvalue weighted by Gasteiger charge is 2.12. The minimum atomic E-state index is -1.11. The van der Waals surface area contributed by atoms with Gasteiger partial charge in [0.1, 0.15) is 18.1 Å². The van der Waals surface area contributed by atoms with E-state index in [0.717, 1.165) is 5.56 Å². The highest BCUT2D eigenvalue weighted by molar-refractivity contribution is 6.00. The van der Waals surface area contributed by atoms with Crippen molar-refractivity contribution in [3.8, 4) is 23.4 Å². The van der Waals surface area contributed by atoms with Crippen molar-refractivity contribution in [1.29, 1.82) is 5.26 Å². The zero-order valence-corrected chi connectivity index (χ0v) is 19.0. The monoisotopic (exact) mass is 479 g/mol. The molecular formula is C28H21N3O5. The third-order valence-electron chi connectivity index (χ3n) is 5.13. The molecule has 0 aliphatic carbocycles. The van der Waals surface area contributed by atoms with Crippen LogP contribution in [0.15, 0.2) is 91.1 Å². The molecule has 0 atom stereocenters. The number of benzene rings is 3. The molecule has 178 valence electrons. The van der Waals surface area contributed by atoms with Crippen molar-refractivity contribution in [1.82, 2.24) is 4.98 Å². The van der Waals surface area contributed by atoms with Crippen LogP contribution in [-0.4, -0.2) is 22.0 Å². The van der Waals surface area contributed by atoms with Crippen LogP contribution in [0, 0.1) is 11.3 Å². The molecule has 0 aliphatic heterocycles. The van der Waals surface area contributed by atoms with Crippen molar-refractivity contribution in [2.24, 2.45) is 0 Å². The first kappa shape index (κ1) is 24.0. The van der Waals surface area contributed by atoms with Crippen molar-refractivity contribution in [3.63, 3.8) is 0 Å². The van der Waals surface area contributed by atoms with Gasteiger partial charge in [-0.25, -0.2) is 9.78 Å². The number of ether oxygens (including phenoxy) is 2. The van der Waals surface area contributed by atoms with E-state index in [1.54, 1.807) is 66.7 Å². The summed E-state index contributed by atoms with van der Waals surface area (Å²) in [6.07, 6.45) is 1.57. The molecule has 1 aromatic heterocycles. The van der Waals surface area contributed by atoms with Crippen molar-refractivity contribution in [2.75, 3.05) is 5.32 Å². The molecule has 3 aromatic carbocycles. The number of para-hydroxylation sites is 1. The minimum Gasteiger partial charge on any atom is -0.489 e. The summed E-state index contributed by atoms with van der Waals surface area (Å²) in [6.45, 7) is 0.379. The Morgan fingerprint density at radius 1 is 0.889 bits per heavy atom. The molecule has 0 spiro atoms. The number of aromatic carboxylic acids is 1. The molecule has 0 saturated heterocycles. The van der Waals surface area contributed by atoms with Gasteiger partial charge in [-0.1, -0.05) is 30.3 Å². The Morgan fingerprint density at radius 2 is 1.58 bits per heavy atom. The van der Waals surface area contributed by atoms with E-state index in [1.807, 2.05) is 12.1 Å².